The lowest BCUT2D eigenvalue weighted by molar-refractivity contribution is 0.0130. The van der Waals surface area contributed by atoms with Gasteiger partial charge >= 0.3 is 6.03 Å². The number of carbonyl (C=O) groups is 1. The Balaban J connectivity index is 1.82. The number of amides is 2. The highest BCUT2D eigenvalue weighted by Gasteiger charge is 2.22. The molecule has 1 saturated heterocycles. The third-order valence-corrected chi connectivity index (χ3v) is 4.30. The summed E-state index contributed by atoms with van der Waals surface area (Å²) in [6, 6.07) is 0.115. The monoisotopic (exact) mass is 327 g/mol. The van der Waals surface area contributed by atoms with Gasteiger partial charge in [0.25, 0.3) is 0 Å². The van der Waals surface area contributed by atoms with Crippen LogP contribution in [0.5, 0.6) is 0 Å². The second-order valence-corrected chi connectivity index (χ2v) is 7.07. The van der Waals surface area contributed by atoms with Crippen molar-refractivity contribution in [3.63, 3.8) is 0 Å². The number of ether oxygens (including phenoxy) is 1. The second-order valence-electron chi connectivity index (χ2n) is 5.89. The fraction of sp³-hybridized carbons (Fsp3) is 0.786. The molecule has 0 aliphatic carbocycles. The Labute approximate surface area is 135 Å². The molecule has 1 atom stereocenters. The summed E-state index contributed by atoms with van der Waals surface area (Å²) in [5, 5.41) is 14.8. The predicted octanol–water partition coefficient (Wildman–Crippen LogP) is 1.71. The van der Waals surface area contributed by atoms with E-state index in [9.17, 15) is 4.79 Å². The van der Waals surface area contributed by atoms with E-state index < -0.39 is 0 Å². The smallest absolute Gasteiger partial charge is 0.321 e. The maximum atomic E-state index is 12.0. The zero-order chi connectivity index (χ0) is 15.9. The van der Waals surface area contributed by atoms with Crippen molar-refractivity contribution in [2.45, 2.75) is 33.2 Å². The number of nitrogens with zero attached hydrogens (tertiary/aromatic N) is 3. The van der Waals surface area contributed by atoms with E-state index in [1.54, 1.807) is 0 Å². The summed E-state index contributed by atoms with van der Waals surface area (Å²) in [6.07, 6.45) is 1.05. The number of carbonyl (C=O) groups excluding carboxylic acids is 1. The third-order valence-electron chi connectivity index (χ3n) is 3.55. The van der Waals surface area contributed by atoms with E-state index in [-0.39, 0.29) is 6.03 Å². The van der Waals surface area contributed by atoms with Crippen molar-refractivity contribution in [1.82, 2.24) is 20.4 Å². The van der Waals surface area contributed by atoms with E-state index in [1.165, 1.54) is 11.3 Å². The summed E-state index contributed by atoms with van der Waals surface area (Å²) in [4.78, 5) is 14.4. The molecule has 1 aliphatic heterocycles. The van der Waals surface area contributed by atoms with Gasteiger partial charge in [-0.15, -0.1) is 10.2 Å². The Bertz CT molecular complexity index is 474. The van der Waals surface area contributed by atoms with Gasteiger partial charge in [-0.25, -0.2) is 4.79 Å². The molecule has 0 bridgehead atoms. The number of rotatable bonds is 6. The number of morpholine rings is 1. The molecule has 124 valence electrons. The topological polar surface area (TPSA) is 79.4 Å². The zero-order valence-electron chi connectivity index (χ0n) is 13.5. The fourth-order valence-electron chi connectivity index (χ4n) is 2.55. The number of hydrogen-bond donors (Lipinski definition) is 2. The molecule has 1 aliphatic rings. The first-order valence-corrected chi connectivity index (χ1v) is 8.53. The van der Waals surface area contributed by atoms with Gasteiger partial charge < -0.3 is 10.1 Å². The van der Waals surface area contributed by atoms with Crippen molar-refractivity contribution >= 4 is 22.5 Å². The molecule has 0 radical (unpaired) electrons. The molecule has 1 aromatic rings. The molecule has 7 nitrogen and oxygen atoms in total. The highest BCUT2D eigenvalue weighted by Crippen LogP contribution is 2.14. The second kappa shape index (κ2) is 8.40. The zero-order valence-corrected chi connectivity index (χ0v) is 14.3. The maximum absolute atomic E-state index is 12.0. The first kappa shape index (κ1) is 17.1. The van der Waals surface area contributed by atoms with Gasteiger partial charge in [0.15, 0.2) is 0 Å². The molecule has 0 spiro atoms. The molecule has 2 amide bonds. The maximum Gasteiger partial charge on any atom is 0.321 e. The molecule has 22 heavy (non-hydrogen) atoms. The van der Waals surface area contributed by atoms with Crippen LogP contribution in [-0.4, -0.2) is 60.0 Å². The summed E-state index contributed by atoms with van der Waals surface area (Å²) in [6.45, 7) is 10.3. The van der Waals surface area contributed by atoms with Crippen LogP contribution in [0.2, 0.25) is 0 Å². The lowest BCUT2D eigenvalue weighted by Crippen LogP contribution is -2.49. The Kier molecular flexibility index (Phi) is 6.53. The lowest BCUT2D eigenvalue weighted by Gasteiger charge is -2.35. The van der Waals surface area contributed by atoms with Gasteiger partial charge in [-0.05, 0) is 19.3 Å². The summed E-state index contributed by atoms with van der Waals surface area (Å²) < 4.78 is 5.41. The van der Waals surface area contributed by atoms with Crippen LogP contribution >= 0.6 is 11.3 Å². The summed E-state index contributed by atoms with van der Waals surface area (Å²) >= 11 is 1.37. The minimum Gasteiger partial charge on any atom is -0.379 e. The van der Waals surface area contributed by atoms with Crippen molar-refractivity contribution in [2.75, 3.05) is 38.2 Å². The normalized spacial score (nSPS) is 17.5. The Hall–Kier alpha value is -1.25. The van der Waals surface area contributed by atoms with Crippen LogP contribution in [0.3, 0.4) is 0 Å². The van der Waals surface area contributed by atoms with Crippen LogP contribution in [0.25, 0.3) is 0 Å². The number of urea groups is 1. The Morgan fingerprint density at radius 1 is 1.36 bits per heavy atom. The summed E-state index contributed by atoms with van der Waals surface area (Å²) in [5.41, 5.74) is 0. The van der Waals surface area contributed by atoms with Gasteiger partial charge in [0.2, 0.25) is 5.13 Å². The minimum atomic E-state index is -0.224. The van der Waals surface area contributed by atoms with Gasteiger partial charge in [-0.3, -0.25) is 10.2 Å². The van der Waals surface area contributed by atoms with Crippen LogP contribution in [0.1, 0.15) is 25.3 Å². The van der Waals surface area contributed by atoms with E-state index in [0.717, 1.165) is 37.7 Å². The van der Waals surface area contributed by atoms with Crippen LogP contribution < -0.4 is 10.6 Å². The quantitative estimate of drug-likeness (QED) is 0.831. The largest absolute Gasteiger partial charge is 0.379 e. The minimum absolute atomic E-state index is 0.224. The molecule has 0 saturated carbocycles. The van der Waals surface area contributed by atoms with Gasteiger partial charge in [0.05, 0.1) is 13.2 Å². The summed E-state index contributed by atoms with van der Waals surface area (Å²) in [5.74, 6) is 0.587. The van der Waals surface area contributed by atoms with E-state index in [4.69, 9.17) is 4.74 Å². The molecule has 1 fully saturated rings. The molecule has 2 N–H and O–H groups in total. The van der Waals surface area contributed by atoms with Gasteiger partial charge in [0, 0.05) is 25.7 Å². The SMILES string of the molecule is Cc1nnc(NC(=O)NC[C@H](CC(C)C)N2CCOCC2)s1. The van der Waals surface area contributed by atoms with Crippen LogP contribution in [-0.2, 0) is 4.74 Å². The number of nitrogens with one attached hydrogen (secondary N) is 2. The molecular weight excluding hydrogens is 302 g/mol. The number of aryl methyl sites for hydroxylation is 1. The molecule has 0 unspecified atom stereocenters. The lowest BCUT2D eigenvalue weighted by atomic mass is 10.0. The van der Waals surface area contributed by atoms with Crippen molar-refractivity contribution in [3.05, 3.63) is 5.01 Å². The molecule has 8 heteroatoms. The predicted molar refractivity (Wildman–Crippen MR) is 87.3 cm³/mol. The van der Waals surface area contributed by atoms with Gasteiger partial charge in [-0.1, -0.05) is 25.2 Å². The highest BCUT2D eigenvalue weighted by atomic mass is 32.1. The first-order chi connectivity index (χ1) is 10.5. The highest BCUT2D eigenvalue weighted by molar-refractivity contribution is 7.15. The van der Waals surface area contributed by atoms with Gasteiger partial charge in [0.1, 0.15) is 5.01 Å². The average Bonchev–Trinajstić information content (AvgIpc) is 2.89. The number of anilines is 1. The number of aromatic nitrogens is 2. The van der Waals surface area contributed by atoms with Crippen molar-refractivity contribution < 1.29 is 9.53 Å². The van der Waals surface area contributed by atoms with E-state index >= 15 is 0 Å². The van der Waals surface area contributed by atoms with Crippen LogP contribution in [0.15, 0.2) is 0 Å². The molecule has 1 aromatic heterocycles. The number of hydrogen-bond acceptors (Lipinski definition) is 6. The molecule has 2 heterocycles. The van der Waals surface area contributed by atoms with Crippen LogP contribution in [0.4, 0.5) is 9.93 Å². The molecule has 0 aromatic carbocycles. The molecular formula is C14H25N5O2S. The van der Waals surface area contributed by atoms with E-state index in [0.29, 0.717) is 23.6 Å². The van der Waals surface area contributed by atoms with E-state index in [1.807, 2.05) is 6.92 Å². The molecule has 2 rings (SSSR count). The van der Waals surface area contributed by atoms with Crippen molar-refractivity contribution in [3.8, 4) is 0 Å². The standard InChI is InChI=1S/C14H25N5O2S/c1-10(2)8-12(19-4-6-21-7-5-19)9-15-13(20)16-14-18-17-11(3)22-14/h10,12H,4-9H2,1-3H3,(H2,15,16,18,20)/t12-/m0/s1. The van der Waals surface area contributed by atoms with Gasteiger partial charge in [-0.2, -0.15) is 0 Å². The van der Waals surface area contributed by atoms with Crippen molar-refractivity contribution in [2.24, 2.45) is 5.92 Å². The van der Waals surface area contributed by atoms with Crippen LogP contribution in [0, 0.1) is 12.8 Å². The average molecular weight is 327 g/mol. The first-order valence-electron chi connectivity index (χ1n) is 7.71. The fourth-order valence-corrected chi connectivity index (χ4v) is 3.13. The third kappa shape index (κ3) is 5.51. The Morgan fingerprint density at radius 3 is 2.68 bits per heavy atom. The Morgan fingerprint density at radius 2 is 2.09 bits per heavy atom. The van der Waals surface area contributed by atoms with E-state index in [2.05, 4.69) is 39.6 Å². The summed E-state index contributed by atoms with van der Waals surface area (Å²) in [7, 11) is 0. The van der Waals surface area contributed by atoms with Crippen molar-refractivity contribution in [1.29, 1.82) is 0 Å².